The van der Waals surface area contributed by atoms with Gasteiger partial charge in [0.2, 0.25) is 0 Å². The highest BCUT2D eigenvalue weighted by molar-refractivity contribution is 6.49. The van der Waals surface area contributed by atoms with Gasteiger partial charge in [-0.1, -0.05) is 11.6 Å². The normalized spacial score (nSPS) is 22.0. The fourth-order valence-electron chi connectivity index (χ4n) is 3.59. The van der Waals surface area contributed by atoms with Gasteiger partial charge in [0.15, 0.2) is 0 Å². The first kappa shape index (κ1) is 18.0. The summed E-state index contributed by atoms with van der Waals surface area (Å²) in [4.78, 5) is 15.2. The summed E-state index contributed by atoms with van der Waals surface area (Å²) in [5, 5.41) is 17.2. The average molecular weight is 387 g/mol. The van der Waals surface area contributed by atoms with Gasteiger partial charge in [0.05, 0.1) is 17.3 Å². The lowest BCUT2D eigenvalue weighted by Crippen LogP contribution is -2.30. The molecule has 0 saturated heterocycles. The molecule has 2 aromatic heterocycles. The zero-order chi connectivity index (χ0) is 18.8. The molecule has 1 aliphatic heterocycles. The Bertz CT molecular complexity index is 836. The van der Waals surface area contributed by atoms with Crippen LogP contribution in [0.1, 0.15) is 36.8 Å². The highest BCUT2D eigenvalue weighted by Gasteiger charge is 2.24. The molecule has 0 spiro atoms. The molecule has 0 bridgehead atoms. The minimum absolute atomic E-state index is 0.182. The summed E-state index contributed by atoms with van der Waals surface area (Å²) in [5.74, 6) is 2.13. The predicted octanol–water partition coefficient (Wildman–Crippen LogP) is 3.31. The number of nitrogens with one attached hydrogen (secondary N) is 2. The molecule has 1 saturated carbocycles. The number of nitrogens with zero attached hydrogens (tertiary/aromatic N) is 4. The molecule has 27 heavy (non-hydrogen) atoms. The van der Waals surface area contributed by atoms with Crippen LogP contribution in [0.4, 0.5) is 17.5 Å². The Labute approximate surface area is 163 Å². The fraction of sp³-hybridized carbons (Fsp3) is 0.421. The van der Waals surface area contributed by atoms with Crippen molar-refractivity contribution in [3.8, 4) is 0 Å². The third-order valence-electron chi connectivity index (χ3n) is 4.98. The summed E-state index contributed by atoms with van der Waals surface area (Å²) in [6.07, 6.45) is 10.2. The molecule has 0 atom stereocenters. The largest absolute Gasteiger partial charge is 0.393 e. The Morgan fingerprint density at radius 1 is 1.19 bits per heavy atom. The number of hydrogen-bond donors (Lipinski definition) is 3. The highest BCUT2D eigenvalue weighted by Crippen LogP contribution is 2.36. The summed E-state index contributed by atoms with van der Waals surface area (Å²) in [6.45, 7) is 0.738. The van der Waals surface area contributed by atoms with Gasteiger partial charge in [0, 0.05) is 49.4 Å². The van der Waals surface area contributed by atoms with E-state index in [4.69, 9.17) is 16.6 Å². The van der Waals surface area contributed by atoms with Crippen LogP contribution in [0, 0.1) is 0 Å². The van der Waals surface area contributed by atoms with Gasteiger partial charge in [-0.25, -0.2) is 9.97 Å². The molecule has 2 aromatic rings. The van der Waals surface area contributed by atoms with Crippen LogP contribution in [0.3, 0.4) is 0 Å². The highest BCUT2D eigenvalue weighted by atomic mass is 35.5. The number of rotatable bonds is 4. The van der Waals surface area contributed by atoms with Crippen LogP contribution in [0.2, 0.25) is 0 Å². The van der Waals surface area contributed by atoms with E-state index in [9.17, 15) is 5.11 Å². The Morgan fingerprint density at radius 2 is 2.00 bits per heavy atom. The molecule has 4 rings (SSSR count). The summed E-state index contributed by atoms with van der Waals surface area (Å²) < 4.78 is 0. The van der Waals surface area contributed by atoms with Crippen LogP contribution in [0.5, 0.6) is 0 Å². The topological polar surface area (TPSA) is 86.2 Å². The molecule has 1 fully saturated rings. The molecule has 8 heteroatoms. The smallest absolute Gasteiger partial charge is 0.150 e. The van der Waals surface area contributed by atoms with Gasteiger partial charge < -0.3 is 20.6 Å². The molecule has 0 aromatic carbocycles. The SMILES string of the molecule is CN1C=C(Cl)c2cc(Nc3cnccn3)nc(NC3CCC(O)CC3)c2C1. The zero-order valence-electron chi connectivity index (χ0n) is 15.2. The molecule has 3 heterocycles. The molecule has 0 unspecified atom stereocenters. The third kappa shape index (κ3) is 4.14. The maximum atomic E-state index is 9.76. The van der Waals surface area contributed by atoms with Crippen molar-refractivity contribution < 1.29 is 5.11 Å². The van der Waals surface area contributed by atoms with Crippen LogP contribution in [0.25, 0.3) is 5.03 Å². The minimum atomic E-state index is -0.182. The third-order valence-corrected chi connectivity index (χ3v) is 5.28. The standard InChI is InChI=1S/C19H23ClN6O/c1-26-10-15-14(16(20)11-26)8-17(24-18-9-21-6-7-22-18)25-19(15)23-12-2-4-13(27)5-3-12/h6-9,11-13,27H,2-5,10H2,1H3,(H2,22,23,24,25). The maximum Gasteiger partial charge on any atom is 0.150 e. The Balaban J connectivity index is 1.66. The molecule has 2 aliphatic rings. The maximum absolute atomic E-state index is 9.76. The van der Waals surface area contributed by atoms with E-state index in [1.807, 2.05) is 19.3 Å². The van der Waals surface area contributed by atoms with Crippen LogP contribution in [-0.2, 0) is 6.54 Å². The van der Waals surface area contributed by atoms with Crippen molar-refractivity contribution in [3.05, 3.63) is 42.0 Å². The second kappa shape index (κ2) is 7.70. The summed E-state index contributed by atoms with van der Waals surface area (Å²) >= 11 is 6.53. The molecule has 1 aliphatic carbocycles. The molecule has 0 radical (unpaired) electrons. The number of halogens is 1. The Hall–Kier alpha value is -2.38. The number of hydrogen-bond acceptors (Lipinski definition) is 7. The number of aliphatic hydroxyl groups excluding tert-OH is 1. The molecular formula is C19H23ClN6O. The molecule has 3 N–H and O–H groups in total. The van der Waals surface area contributed by atoms with E-state index in [0.717, 1.165) is 49.2 Å². The van der Waals surface area contributed by atoms with Crippen molar-refractivity contribution in [3.63, 3.8) is 0 Å². The lowest BCUT2D eigenvalue weighted by Gasteiger charge is -2.30. The first-order valence-electron chi connectivity index (χ1n) is 9.18. The second-order valence-corrected chi connectivity index (χ2v) is 7.55. The van der Waals surface area contributed by atoms with Crippen molar-refractivity contribution >= 4 is 34.1 Å². The first-order valence-corrected chi connectivity index (χ1v) is 9.56. The molecule has 7 nitrogen and oxygen atoms in total. The summed E-state index contributed by atoms with van der Waals surface area (Å²) in [6, 6.07) is 2.25. The minimum Gasteiger partial charge on any atom is -0.393 e. The predicted molar refractivity (Wildman–Crippen MR) is 107 cm³/mol. The number of pyridine rings is 1. The number of fused-ring (bicyclic) bond motifs is 1. The van der Waals surface area contributed by atoms with Crippen LogP contribution >= 0.6 is 11.6 Å². The van der Waals surface area contributed by atoms with Crippen molar-refractivity contribution in [1.82, 2.24) is 19.9 Å². The van der Waals surface area contributed by atoms with Gasteiger partial charge in [0.1, 0.15) is 17.5 Å². The van der Waals surface area contributed by atoms with E-state index in [1.54, 1.807) is 18.6 Å². The van der Waals surface area contributed by atoms with Gasteiger partial charge in [-0.2, -0.15) is 0 Å². The lowest BCUT2D eigenvalue weighted by atomic mass is 9.93. The van der Waals surface area contributed by atoms with E-state index in [1.165, 1.54) is 0 Å². The Morgan fingerprint density at radius 3 is 2.74 bits per heavy atom. The van der Waals surface area contributed by atoms with E-state index >= 15 is 0 Å². The number of aliphatic hydroxyl groups is 1. The number of aromatic nitrogens is 3. The summed E-state index contributed by atoms with van der Waals surface area (Å²) in [7, 11) is 2.00. The monoisotopic (exact) mass is 386 g/mol. The van der Waals surface area contributed by atoms with E-state index in [0.29, 0.717) is 22.7 Å². The second-order valence-electron chi connectivity index (χ2n) is 7.14. The van der Waals surface area contributed by atoms with Gasteiger partial charge in [-0.05, 0) is 31.7 Å². The van der Waals surface area contributed by atoms with Crippen molar-refractivity contribution in [2.75, 3.05) is 17.7 Å². The van der Waals surface area contributed by atoms with Crippen molar-refractivity contribution in [2.45, 2.75) is 44.4 Å². The van der Waals surface area contributed by atoms with Crippen molar-refractivity contribution in [1.29, 1.82) is 0 Å². The van der Waals surface area contributed by atoms with Crippen LogP contribution < -0.4 is 10.6 Å². The first-order chi connectivity index (χ1) is 13.1. The number of anilines is 3. The lowest BCUT2D eigenvalue weighted by molar-refractivity contribution is 0.126. The van der Waals surface area contributed by atoms with Crippen LogP contribution in [0.15, 0.2) is 30.9 Å². The van der Waals surface area contributed by atoms with E-state index in [-0.39, 0.29) is 6.10 Å². The quantitative estimate of drug-likeness (QED) is 0.743. The van der Waals surface area contributed by atoms with Gasteiger partial charge in [-0.3, -0.25) is 4.98 Å². The van der Waals surface area contributed by atoms with E-state index in [2.05, 4.69) is 25.5 Å². The summed E-state index contributed by atoms with van der Waals surface area (Å²) in [5.41, 5.74) is 2.05. The molecule has 0 amide bonds. The zero-order valence-corrected chi connectivity index (χ0v) is 15.9. The van der Waals surface area contributed by atoms with E-state index < -0.39 is 0 Å². The van der Waals surface area contributed by atoms with Gasteiger partial charge in [0.25, 0.3) is 0 Å². The fourth-order valence-corrected chi connectivity index (χ4v) is 3.93. The van der Waals surface area contributed by atoms with Gasteiger partial charge >= 0.3 is 0 Å². The Kier molecular flexibility index (Phi) is 5.13. The van der Waals surface area contributed by atoms with Crippen LogP contribution in [-0.4, -0.2) is 44.2 Å². The molecular weight excluding hydrogens is 364 g/mol. The molecule has 142 valence electrons. The van der Waals surface area contributed by atoms with Gasteiger partial charge in [-0.15, -0.1) is 0 Å². The van der Waals surface area contributed by atoms with Crippen molar-refractivity contribution in [2.24, 2.45) is 0 Å². The average Bonchev–Trinajstić information content (AvgIpc) is 2.65.